The van der Waals surface area contributed by atoms with Crippen LogP contribution in [-0.2, 0) is 16.1 Å². The van der Waals surface area contributed by atoms with Crippen LogP contribution in [0.25, 0.3) is 0 Å². The quantitative estimate of drug-likeness (QED) is 0.351. The summed E-state index contributed by atoms with van der Waals surface area (Å²) in [5.41, 5.74) is 1.28. The van der Waals surface area contributed by atoms with E-state index in [0.29, 0.717) is 6.61 Å². The zero-order valence-electron chi connectivity index (χ0n) is 11.4. The summed E-state index contributed by atoms with van der Waals surface area (Å²) in [7, 11) is 4.24. The molecule has 0 aliphatic heterocycles. The fourth-order valence-electron chi connectivity index (χ4n) is 1.61. The Hall–Kier alpha value is -1.36. The Morgan fingerprint density at radius 3 is 2.42 bits per heavy atom. The van der Waals surface area contributed by atoms with Crippen LogP contribution in [0.3, 0.4) is 0 Å². The fourth-order valence-corrected chi connectivity index (χ4v) is 1.61. The van der Waals surface area contributed by atoms with Gasteiger partial charge in [0.1, 0.15) is 19.7 Å². The molecule has 0 saturated heterocycles. The molecule has 0 aliphatic carbocycles. The molecule has 0 amide bonds. The van der Waals surface area contributed by atoms with E-state index in [-0.39, 0.29) is 23.9 Å². The van der Waals surface area contributed by atoms with Gasteiger partial charge in [-0.2, -0.15) is 0 Å². The largest absolute Gasteiger partial charge is 1.00 e. The second-order valence-corrected chi connectivity index (χ2v) is 4.67. The number of carbonyl (C=O) groups excluding carboxylic acids is 1. The van der Waals surface area contributed by atoms with Crippen molar-refractivity contribution in [3.63, 3.8) is 0 Å². The van der Waals surface area contributed by atoms with E-state index in [2.05, 4.69) is 32.8 Å². The standard InChI is InChI=1S/C14H20NO2.ClH.H2O/c1-4-14(16)17-11-10-15(2,3)12-13-8-6-5-7-9-13;;/h4-9H,1,10-12H2,2-3H3;1H;1H2/q+1;;/p-1. The predicted molar refractivity (Wildman–Crippen MR) is 71.9 cm³/mol. The van der Waals surface area contributed by atoms with Crippen LogP contribution in [0, 0.1) is 0 Å². The van der Waals surface area contributed by atoms with Crippen LogP contribution in [0.15, 0.2) is 43.0 Å². The first-order valence-corrected chi connectivity index (χ1v) is 5.68. The van der Waals surface area contributed by atoms with Gasteiger partial charge in [-0.25, -0.2) is 4.79 Å². The van der Waals surface area contributed by atoms with Crippen molar-refractivity contribution in [1.29, 1.82) is 0 Å². The molecule has 0 aliphatic rings. The molecule has 0 heterocycles. The molecule has 0 radical (unpaired) electrons. The van der Waals surface area contributed by atoms with Gasteiger partial charge in [-0.15, -0.1) is 0 Å². The average molecular weight is 288 g/mol. The molecule has 4 nitrogen and oxygen atoms in total. The molecule has 0 spiro atoms. The second-order valence-electron chi connectivity index (χ2n) is 4.67. The molecule has 1 rings (SSSR count). The van der Waals surface area contributed by atoms with Gasteiger partial charge in [-0.05, 0) is 0 Å². The number of esters is 1. The van der Waals surface area contributed by atoms with Gasteiger partial charge in [0.25, 0.3) is 0 Å². The van der Waals surface area contributed by atoms with E-state index < -0.39 is 0 Å². The zero-order chi connectivity index (χ0) is 12.7. The maximum Gasteiger partial charge on any atom is 0.330 e. The number of hydrogen-bond acceptors (Lipinski definition) is 2. The minimum absolute atomic E-state index is 0. The van der Waals surface area contributed by atoms with Crippen LogP contribution in [0.4, 0.5) is 0 Å². The number of halogens is 1. The van der Waals surface area contributed by atoms with Crippen molar-refractivity contribution < 1.29 is 31.9 Å². The minimum Gasteiger partial charge on any atom is -1.00 e. The van der Waals surface area contributed by atoms with Gasteiger partial charge in [0.2, 0.25) is 0 Å². The smallest absolute Gasteiger partial charge is 0.330 e. The van der Waals surface area contributed by atoms with E-state index in [1.54, 1.807) is 0 Å². The summed E-state index contributed by atoms with van der Waals surface area (Å²) >= 11 is 0. The van der Waals surface area contributed by atoms with Gasteiger partial charge in [0, 0.05) is 11.6 Å². The molecule has 2 N–H and O–H groups in total. The Morgan fingerprint density at radius 1 is 1.32 bits per heavy atom. The van der Waals surface area contributed by atoms with Crippen LogP contribution in [-0.4, -0.2) is 43.2 Å². The maximum atomic E-state index is 10.9. The van der Waals surface area contributed by atoms with Gasteiger partial charge in [0.15, 0.2) is 0 Å². The Labute approximate surface area is 121 Å². The van der Waals surface area contributed by atoms with Crippen molar-refractivity contribution in [2.75, 3.05) is 27.2 Å². The highest BCUT2D eigenvalue weighted by Crippen LogP contribution is 2.08. The highest BCUT2D eigenvalue weighted by molar-refractivity contribution is 5.81. The van der Waals surface area contributed by atoms with E-state index in [4.69, 9.17) is 4.74 Å². The molecule has 0 atom stereocenters. The molecule has 0 saturated carbocycles. The van der Waals surface area contributed by atoms with Crippen molar-refractivity contribution in [2.45, 2.75) is 6.54 Å². The number of quaternary nitrogens is 1. The fraction of sp³-hybridized carbons (Fsp3) is 0.357. The summed E-state index contributed by atoms with van der Waals surface area (Å²) in [6.07, 6.45) is 1.19. The molecule has 108 valence electrons. The summed E-state index contributed by atoms with van der Waals surface area (Å²) in [5, 5.41) is 0. The molecule has 0 bridgehead atoms. The SMILES string of the molecule is C=CC(=O)OCC[N+](C)(C)Cc1ccccc1.O.[Cl-]. The number of benzene rings is 1. The lowest BCUT2D eigenvalue weighted by Gasteiger charge is -2.29. The van der Waals surface area contributed by atoms with Gasteiger partial charge >= 0.3 is 5.97 Å². The first kappa shape index (κ1) is 20.0. The Morgan fingerprint density at radius 2 is 1.89 bits per heavy atom. The van der Waals surface area contributed by atoms with Crippen LogP contribution < -0.4 is 12.4 Å². The molecule has 19 heavy (non-hydrogen) atoms. The van der Waals surface area contributed by atoms with Gasteiger partial charge in [-0.1, -0.05) is 36.9 Å². The van der Waals surface area contributed by atoms with E-state index in [9.17, 15) is 4.79 Å². The zero-order valence-corrected chi connectivity index (χ0v) is 12.2. The van der Waals surface area contributed by atoms with Crippen molar-refractivity contribution >= 4 is 5.97 Å². The van der Waals surface area contributed by atoms with Crippen LogP contribution in [0.2, 0.25) is 0 Å². The molecular formula is C14H22ClNO3. The molecule has 0 unspecified atom stereocenters. The lowest BCUT2D eigenvalue weighted by Crippen LogP contribution is -3.00. The Balaban J connectivity index is 0. The number of carbonyl (C=O) groups is 1. The molecule has 1 aromatic rings. The topological polar surface area (TPSA) is 57.8 Å². The highest BCUT2D eigenvalue weighted by Gasteiger charge is 2.16. The number of rotatable bonds is 6. The first-order chi connectivity index (χ1) is 8.03. The molecule has 1 aromatic carbocycles. The van der Waals surface area contributed by atoms with Gasteiger partial charge in [-0.3, -0.25) is 0 Å². The van der Waals surface area contributed by atoms with Crippen LogP contribution >= 0.6 is 0 Å². The molecule has 0 fully saturated rings. The second kappa shape index (κ2) is 9.55. The first-order valence-electron chi connectivity index (χ1n) is 5.68. The average Bonchev–Trinajstić information content (AvgIpc) is 2.29. The maximum absolute atomic E-state index is 10.9. The highest BCUT2D eigenvalue weighted by atomic mass is 35.5. The molecule has 5 heteroatoms. The monoisotopic (exact) mass is 287 g/mol. The molecule has 0 aromatic heterocycles. The third-order valence-electron chi connectivity index (χ3n) is 2.56. The third-order valence-corrected chi connectivity index (χ3v) is 2.56. The lowest BCUT2D eigenvalue weighted by atomic mass is 10.2. The van der Waals surface area contributed by atoms with E-state index in [1.165, 1.54) is 11.6 Å². The van der Waals surface area contributed by atoms with Gasteiger partial charge < -0.3 is 27.1 Å². The van der Waals surface area contributed by atoms with E-state index in [1.807, 2.05) is 18.2 Å². The molecular weight excluding hydrogens is 266 g/mol. The summed E-state index contributed by atoms with van der Waals surface area (Å²) in [4.78, 5) is 10.9. The van der Waals surface area contributed by atoms with Crippen molar-refractivity contribution in [3.8, 4) is 0 Å². The number of likely N-dealkylation sites (N-methyl/N-ethyl adjacent to an activating group) is 1. The van der Waals surface area contributed by atoms with E-state index in [0.717, 1.165) is 17.6 Å². The van der Waals surface area contributed by atoms with Crippen molar-refractivity contribution in [3.05, 3.63) is 48.6 Å². The lowest BCUT2D eigenvalue weighted by molar-refractivity contribution is -0.903. The minimum atomic E-state index is -0.357. The number of hydrogen-bond donors (Lipinski definition) is 0. The van der Waals surface area contributed by atoms with Gasteiger partial charge in [0.05, 0.1) is 14.1 Å². The third kappa shape index (κ3) is 8.37. The van der Waals surface area contributed by atoms with Crippen molar-refractivity contribution in [2.24, 2.45) is 0 Å². The van der Waals surface area contributed by atoms with Crippen LogP contribution in [0.5, 0.6) is 0 Å². The number of nitrogens with zero attached hydrogens (tertiary/aromatic N) is 1. The normalized spacial score (nSPS) is 9.79. The summed E-state index contributed by atoms with van der Waals surface area (Å²) in [5.74, 6) is -0.357. The van der Waals surface area contributed by atoms with Crippen molar-refractivity contribution in [1.82, 2.24) is 0 Å². The Kier molecular flexibility index (Phi) is 10.0. The predicted octanol–water partition coefficient (Wildman–Crippen LogP) is -1.83. The van der Waals surface area contributed by atoms with E-state index >= 15 is 0 Å². The summed E-state index contributed by atoms with van der Waals surface area (Å²) in [6, 6.07) is 10.3. The number of ether oxygens (including phenoxy) is 1. The van der Waals surface area contributed by atoms with Crippen LogP contribution in [0.1, 0.15) is 5.56 Å². The summed E-state index contributed by atoms with van der Waals surface area (Å²) in [6.45, 7) is 5.49. The summed E-state index contributed by atoms with van der Waals surface area (Å²) < 4.78 is 5.78. The Bertz CT molecular complexity index is 380.